The molecule has 2 saturated carbocycles. The van der Waals surface area contributed by atoms with E-state index in [0.29, 0.717) is 5.92 Å². The minimum absolute atomic E-state index is 0.0951. The first-order chi connectivity index (χ1) is 9.05. The van der Waals surface area contributed by atoms with Crippen molar-refractivity contribution in [1.29, 1.82) is 0 Å². The minimum atomic E-state index is -0.578. The first-order valence-corrected chi connectivity index (χ1v) is 7.70. The zero-order chi connectivity index (χ0) is 13.6. The van der Waals surface area contributed by atoms with E-state index in [2.05, 4.69) is 5.32 Å². The Morgan fingerprint density at radius 1 is 1.16 bits per heavy atom. The fourth-order valence-electron chi connectivity index (χ4n) is 3.77. The highest BCUT2D eigenvalue weighted by Crippen LogP contribution is 2.41. The molecule has 0 aromatic heterocycles. The van der Waals surface area contributed by atoms with Gasteiger partial charge in [-0.1, -0.05) is 19.3 Å². The molecule has 0 bridgehead atoms. The number of nitrogens with zero attached hydrogens (tertiary/aromatic N) is 1. The summed E-state index contributed by atoms with van der Waals surface area (Å²) in [4.78, 5) is 27.3. The van der Waals surface area contributed by atoms with Crippen LogP contribution in [0.5, 0.6) is 0 Å². The van der Waals surface area contributed by atoms with Crippen molar-refractivity contribution >= 4 is 11.8 Å². The van der Waals surface area contributed by atoms with Crippen LogP contribution in [-0.4, -0.2) is 34.3 Å². The van der Waals surface area contributed by atoms with Gasteiger partial charge in [0.1, 0.15) is 11.6 Å². The number of amides is 2. The summed E-state index contributed by atoms with van der Waals surface area (Å²) in [7, 11) is 0. The highest BCUT2D eigenvalue weighted by atomic mass is 16.2. The van der Waals surface area contributed by atoms with Crippen molar-refractivity contribution in [2.24, 2.45) is 5.92 Å². The van der Waals surface area contributed by atoms with E-state index in [-0.39, 0.29) is 23.9 Å². The molecule has 1 heterocycles. The van der Waals surface area contributed by atoms with Crippen LogP contribution in [0.1, 0.15) is 58.8 Å². The minimum Gasteiger partial charge on any atom is -0.340 e. The SMILES string of the molecule is CC(C)N1C(=O)C2(CCCCC2)NC(=O)C1C1CC1. The van der Waals surface area contributed by atoms with E-state index in [0.717, 1.165) is 38.5 Å². The summed E-state index contributed by atoms with van der Waals surface area (Å²) in [6.45, 7) is 4.06. The van der Waals surface area contributed by atoms with Gasteiger partial charge in [0.15, 0.2) is 0 Å². The van der Waals surface area contributed by atoms with Gasteiger partial charge in [-0.25, -0.2) is 0 Å². The summed E-state index contributed by atoms with van der Waals surface area (Å²) in [5.74, 6) is 0.670. The van der Waals surface area contributed by atoms with Crippen LogP contribution in [0.3, 0.4) is 0 Å². The molecule has 1 atom stereocenters. The number of hydrogen-bond acceptors (Lipinski definition) is 2. The summed E-state index contributed by atoms with van der Waals surface area (Å²) in [6.07, 6.45) is 7.08. The highest BCUT2D eigenvalue weighted by Gasteiger charge is 2.55. The Kier molecular flexibility index (Phi) is 3.06. The fraction of sp³-hybridized carbons (Fsp3) is 0.867. The Morgan fingerprint density at radius 2 is 1.79 bits per heavy atom. The van der Waals surface area contributed by atoms with E-state index in [9.17, 15) is 9.59 Å². The van der Waals surface area contributed by atoms with Crippen molar-refractivity contribution in [1.82, 2.24) is 10.2 Å². The maximum absolute atomic E-state index is 12.9. The van der Waals surface area contributed by atoms with Crippen LogP contribution in [-0.2, 0) is 9.59 Å². The quantitative estimate of drug-likeness (QED) is 0.827. The molecule has 4 heteroatoms. The molecule has 19 heavy (non-hydrogen) atoms. The van der Waals surface area contributed by atoms with Crippen LogP contribution < -0.4 is 5.32 Å². The molecule has 1 spiro atoms. The predicted octanol–water partition coefficient (Wildman–Crippen LogP) is 1.83. The summed E-state index contributed by atoms with van der Waals surface area (Å²) in [5.41, 5.74) is -0.578. The van der Waals surface area contributed by atoms with Crippen LogP contribution in [0.2, 0.25) is 0 Å². The second-order valence-corrected chi connectivity index (χ2v) is 6.72. The van der Waals surface area contributed by atoms with Crippen molar-refractivity contribution in [2.75, 3.05) is 0 Å². The molecule has 106 valence electrons. The van der Waals surface area contributed by atoms with E-state index >= 15 is 0 Å². The average molecular weight is 264 g/mol. The predicted molar refractivity (Wildman–Crippen MR) is 72.5 cm³/mol. The van der Waals surface area contributed by atoms with Gasteiger partial charge < -0.3 is 10.2 Å². The van der Waals surface area contributed by atoms with E-state index < -0.39 is 5.54 Å². The normalized spacial score (nSPS) is 30.9. The van der Waals surface area contributed by atoms with Gasteiger partial charge in [-0.05, 0) is 45.4 Å². The number of piperazine rings is 1. The smallest absolute Gasteiger partial charge is 0.249 e. The molecule has 1 N–H and O–H groups in total. The van der Waals surface area contributed by atoms with Crippen LogP contribution in [0.25, 0.3) is 0 Å². The summed E-state index contributed by atoms with van der Waals surface area (Å²) < 4.78 is 0. The molecule has 1 aliphatic heterocycles. The van der Waals surface area contributed by atoms with E-state index in [1.165, 1.54) is 6.42 Å². The lowest BCUT2D eigenvalue weighted by molar-refractivity contribution is -0.159. The fourth-order valence-corrected chi connectivity index (χ4v) is 3.77. The largest absolute Gasteiger partial charge is 0.340 e. The van der Waals surface area contributed by atoms with Crippen molar-refractivity contribution in [3.05, 3.63) is 0 Å². The van der Waals surface area contributed by atoms with Gasteiger partial charge in [0.05, 0.1) is 0 Å². The molecule has 2 aliphatic carbocycles. The lowest BCUT2D eigenvalue weighted by Crippen LogP contribution is -2.72. The van der Waals surface area contributed by atoms with Gasteiger partial charge in [-0.15, -0.1) is 0 Å². The second kappa shape index (κ2) is 4.50. The lowest BCUT2D eigenvalue weighted by atomic mass is 9.77. The van der Waals surface area contributed by atoms with E-state index in [1.807, 2.05) is 18.7 Å². The van der Waals surface area contributed by atoms with Crippen LogP contribution in [0.4, 0.5) is 0 Å². The molecular formula is C15H24N2O2. The summed E-state index contributed by atoms with van der Waals surface area (Å²) >= 11 is 0. The summed E-state index contributed by atoms with van der Waals surface area (Å²) in [6, 6.07) is -0.0944. The van der Waals surface area contributed by atoms with Crippen molar-refractivity contribution in [3.63, 3.8) is 0 Å². The topological polar surface area (TPSA) is 49.4 Å². The van der Waals surface area contributed by atoms with Gasteiger partial charge in [-0.2, -0.15) is 0 Å². The highest BCUT2D eigenvalue weighted by molar-refractivity contribution is 6.00. The Balaban J connectivity index is 1.91. The zero-order valence-corrected chi connectivity index (χ0v) is 11.9. The molecule has 0 aromatic rings. The molecule has 1 unspecified atom stereocenters. The molecule has 3 aliphatic rings. The number of hydrogen-bond donors (Lipinski definition) is 1. The van der Waals surface area contributed by atoms with E-state index in [1.54, 1.807) is 0 Å². The standard InChI is InChI=1S/C15H24N2O2/c1-10(2)17-12(11-6-7-11)13(18)16-15(14(17)19)8-4-3-5-9-15/h10-12H,3-9H2,1-2H3,(H,16,18). The van der Waals surface area contributed by atoms with Crippen molar-refractivity contribution in [2.45, 2.75) is 76.4 Å². The van der Waals surface area contributed by atoms with Crippen LogP contribution in [0.15, 0.2) is 0 Å². The maximum atomic E-state index is 12.9. The van der Waals surface area contributed by atoms with Crippen molar-refractivity contribution in [3.8, 4) is 0 Å². The first-order valence-electron chi connectivity index (χ1n) is 7.70. The molecule has 3 rings (SSSR count). The van der Waals surface area contributed by atoms with Gasteiger partial charge in [0.25, 0.3) is 0 Å². The van der Waals surface area contributed by atoms with Gasteiger partial charge in [0.2, 0.25) is 11.8 Å². The van der Waals surface area contributed by atoms with Gasteiger partial charge in [0, 0.05) is 6.04 Å². The number of carbonyl (C=O) groups excluding carboxylic acids is 2. The molecule has 3 fully saturated rings. The van der Waals surface area contributed by atoms with Gasteiger partial charge >= 0.3 is 0 Å². The lowest BCUT2D eigenvalue weighted by Gasteiger charge is -2.49. The molecular weight excluding hydrogens is 240 g/mol. The molecule has 2 amide bonds. The number of carbonyl (C=O) groups is 2. The third kappa shape index (κ3) is 2.05. The average Bonchev–Trinajstić information content (AvgIpc) is 3.18. The zero-order valence-electron chi connectivity index (χ0n) is 11.9. The van der Waals surface area contributed by atoms with Gasteiger partial charge in [-0.3, -0.25) is 9.59 Å². The number of rotatable bonds is 2. The third-order valence-corrected chi connectivity index (χ3v) is 4.91. The second-order valence-electron chi connectivity index (χ2n) is 6.72. The number of nitrogens with one attached hydrogen (secondary N) is 1. The Morgan fingerprint density at radius 3 is 2.32 bits per heavy atom. The van der Waals surface area contributed by atoms with Crippen LogP contribution in [0, 0.1) is 5.92 Å². The molecule has 4 nitrogen and oxygen atoms in total. The summed E-state index contributed by atoms with van der Waals surface area (Å²) in [5, 5.41) is 3.11. The van der Waals surface area contributed by atoms with Crippen molar-refractivity contribution < 1.29 is 9.59 Å². The Labute approximate surface area is 114 Å². The molecule has 0 radical (unpaired) electrons. The molecule has 1 saturated heterocycles. The monoisotopic (exact) mass is 264 g/mol. The third-order valence-electron chi connectivity index (χ3n) is 4.91. The van der Waals surface area contributed by atoms with E-state index in [4.69, 9.17) is 0 Å². The first kappa shape index (κ1) is 12.9. The Hall–Kier alpha value is -1.06. The van der Waals surface area contributed by atoms with Crippen LogP contribution >= 0.6 is 0 Å². The molecule has 0 aromatic carbocycles. The maximum Gasteiger partial charge on any atom is 0.249 e. The Bertz CT molecular complexity index is 395.